The summed E-state index contributed by atoms with van der Waals surface area (Å²) in [5.41, 5.74) is 0. The third kappa shape index (κ3) is 8.12. The lowest BCUT2D eigenvalue weighted by molar-refractivity contribution is 0.250. The van der Waals surface area contributed by atoms with Crippen molar-refractivity contribution in [3.05, 3.63) is 0 Å². The molecule has 4 heteroatoms. The van der Waals surface area contributed by atoms with Gasteiger partial charge in [-0.1, -0.05) is 32.6 Å². The molecular weight excluding hydrogens is 175 g/mol. The third-order valence-corrected chi connectivity index (χ3v) is 2.29. The van der Waals surface area contributed by atoms with E-state index in [0.717, 1.165) is 12.8 Å². The van der Waals surface area contributed by atoms with Gasteiger partial charge < -0.3 is 0 Å². The fourth-order valence-electron chi connectivity index (χ4n) is 0.897. The molecular formula is C8H18O3P+. The van der Waals surface area contributed by atoms with E-state index in [4.69, 9.17) is 4.52 Å². The van der Waals surface area contributed by atoms with Crippen molar-refractivity contribution in [3.63, 3.8) is 0 Å². The van der Waals surface area contributed by atoms with Gasteiger partial charge in [0.05, 0.1) is 7.11 Å². The lowest BCUT2D eigenvalue weighted by Gasteiger charge is -1.94. The highest BCUT2D eigenvalue weighted by Crippen LogP contribution is 2.21. The maximum Gasteiger partial charge on any atom is 0.697 e. The van der Waals surface area contributed by atoms with Gasteiger partial charge in [0, 0.05) is 4.57 Å². The average Bonchev–Trinajstić information content (AvgIpc) is 2.10. The van der Waals surface area contributed by atoms with Crippen LogP contribution >= 0.6 is 8.25 Å². The Morgan fingerprint density at radius 2 is 1.83 bits per heavy atom. The monoisotopic (exact) mass is 193 g/mol. The minimum absolute atomic E-state index is 0.548. The van der Waals surface area contributed by atoms with Crippen LogP contribution in [0.15, 0.2) is 0 Å². The summed E-state index contributed by atoms with van der Waals surface area (Å²) in [7, 11) is -0.468. The van der Waals surface area contributed by atoms with E-state index in [-0.39, 0.29) is 0 Å². The summed E-state index contributed by atoms with van der Waals surface area (Å²) < 4.78 is 19.9. The Hall–Kier alpha value is 0.0200. The molecule has 0 radical (unpaired) electrons. The molecule has 0 aliphatic carbocycles. The molecule has 72 valence electrons. The van der Waals surface area contributed by atoms with Gasteiger partial charge in [-0.2, -0.15) is 0 Å². The summed E-state index contributed by atoms with van der Waals surface area (Å²) in [6.45, 7) is 2.73. The van der Waals surface area contributed by atoms with Gasteiger partial charge in [0.1, 0.15) is 6.61 Å². The molecule has 1 unspecified atom stereocenters. The second-order valence-electron chi connectivity index (χ2n) is 2.65. The molecule has 0 bridgehead atoms. The predicted molar refractivity (Wildman–Crippen MR) is 49.3 cm³/mol. The highest BCUT2D eigenvalue weighted by atomic mass is 31.1. The molecule has 0 heterocycles. The Bertz CT molecular complexity index is 117. The van der Waals surface area contributed by atoms with Crippen LogP contribution in [0.25, 0.3) is 0 Å². The van der Waals surface area contributed by atoms with E-state index in [9.17, 15) is 4.57 Å². The van der Waals surface area contributed by atoms with E-state index >= 15 is 0 Å². The van der Waals surface area contributed by atoms with Crippen LogP contribution in [-0.4, -0.2) is 13.7 Å². The average molecular weight is 193 g/mol. The first-order chi connectivity index (χ1) is 5.81. The minimum Gasteiger partial charge on any atom is -0.122 e. The normalized spacial score (nSPS) is 11.7. The van der Waals surface area contributed by atoms with Gasteiger partial charge >= 0.3 is 8.25 Å². The molecule has 0 saturated heterocycles. The molecule has 0 amide bonds. The lowest BCUT2D eigenvalue weighted by Crippen LogP contribution is -1.87. The highest BCUT2D eigenvalue weighted by Gasteiger charge is 2.15. The van der Waals surface area contributed by atoms with Crippen LogP contribution in [0.4, 0.5) is 0 Å². The molecule has 0 aliphatic heterocycles. The zero-order valence-electron chi connectivity index (χ0n) is 7.91. The first kappa shape index (κ1) is 12.0. The van der Waals surface area contributed by atoms with Gasteiger partial charge in [0.15, 0.2) is 0 Å². The number of rotatable bonds is 8. The molecule has 0 N–H and O–H groups in total. The second kappa shape index (κ2) is 9.11. The van der Waals surface area contributed by atoms with Crippen molar-refractivity contribution >= 4 is 8.25 Å². The quantitative estimate of drug-likeness (QED) is 0.438. The van der Waals surface area contributed by atoms with Gasteiger partial charge in [0.2, 0.25) is 0 Å². The van der Waals surface area contributed by atoms with Crippen LogP contribution in [0.5, 0.6) is 0 Å². The molecule has 0 aromatic rings. The maximum absolute atomic E-state index is 10.6. The van der Waals surface area contributed by atoms with Crippen LogP contribution in [-0.2, 0) is 13.6 Å². The van der Waals surface area contributed by atoms with E-state index < -0.39 is 8.25 Å². The van der Waals surface area contributed by atoms with Crippen LogP contribution in [0.2, 0.25) is 0 Å². The second-order valence-corrected chi connectivity index (χ2v) is 3.72. The smallest absolute Gasteiger partial charge is 0.122 e. The van der Waals surface area contributed by atoms with Gasteiger partial charge in [-0.3, -0.25) is 0 Å². The number of hydrogen-bond donors (Lipinski definition) is 0. The Labute approximate surface area is 75.4 Å². The van der Waals surface area contributed by atoms with Crippen LogP contribution < -0.4 is 0 Å². The molecule has 12 heavy (non-hydrogen) atoms. The Morgan fingerprint density at radius 1 is 1.17 bits per heavy atom. The largest absolute Gasteiger partial charge is 0.697 e. The van der Waals surface area contributed by atoms with Gasteiger partial charge in [-0.05, 0) is 6.42 Å². The van der Waals surface area contributed by atoms with Crippen molar-refractivity contribution in [2.75, 3.05) is 13.7 Å². The molecule has 3 nitrogen and oxygen atoms in total. The fraction of sp³-hybridized carbons (Fsp3) is 1.00. The topological polar surface area (TPSA) is 35.5 Å². The van der Waals surface area contributed by atoms with Crippen molar-refractivity contribution in [1.29, 1.82) is 0 Å². The van der Waals surface area contributed by atoms with Gasteiger partial charge in [-0.25, -0.2) is 0 Å². The van der Waals surface area contributed by atoms with E-state index in [1.165, 1.54) is 26.4 Å². The summed E-state index contributed by atoms with van der Waals surface area (Å²) in [6, 6.07) is 0. The van der Waals surface area contributed by atoms with Gasteiger partial charge in [-0.15, -0.1) is 9.05 Å². The number of hydrogen-bond acceptors (Lipinski definition) is 3. The highest BCUT2D eigenvalue weighted by molar-refractivity contribution is 7.33. The molecule has 0 rings (SSSR count). The van der Waals surface area contributed by atoms with E-state index in [1.807, 2.05) is 0 Å². The molecule has 0 saturated carbocycles. The molecule has 0 aromatic carbocycles. The first-order valence-corrected chi connectivity index (χ1v) is 5.55. The Balaban J connectivity index is 2.95. The van der Waals surface area contributed by atoms with E-state index in [2.05, 4.69) is 11.4 Å². The van der Waals surface area contributed by atoms with Gasteiger partial charge in [0.25, 0.3) is 0 Å². The molecule has 0 spiro atoms. The number of unbranched alkanes of at least 4 members (excludes halogenated alkanes) is 4. The zero-order chi connectivity index (χ0) is 9.23. The van der Waals surface area contributed by atoms with Crippen LogP contribution in [0.3, 0.4) is 0 Å². The Morgan fingerprint density at radius 3 is 2.42 bits per heavy atom. The first-order valence-electron chi connectivity index (χ1n) is 4.45. The van der Waals surface area contributed by atoms with Crippen LogP contribution in [0, 0.1) is 0 Å². The van der Waals surface area contributed by atoms with Crippen molar-refractivity contribution in [3.8, 4) is 0 Å². The van der Waals surface area contributed by atoms with E-state index in [0.29, 0.717) is 6.61 Å². The summed E-state index contributed by atoms with van der Waals surface area (Å²) in [6.07, 6.45) is 5.89. The summed E-state index contributed by atoms with van der Waals surface area (Å²) in [4.78, 5) is 0. The minimum atomic E-state index is -1.85. The zero-order valence-corrected chi connectivity index (χ0v) is 8.81. The molecule has 1 atom stereocenters. The van der Waals surface area contributed by atoms with Crippen molar-refractivity contribution in [2.45, 2.75) is 39.0 Å². The summed E-state index contributed by atoms with van der Waals surface area (Å²) in [5.74, 6) is 0. The maximum atomic E-state index is 10.6. The SMILES string of the molecule is CCCCCCCO[P+](=O)OC. The Kier molecular flexibility index (Phi) is 9.13. The summed E-state index contributed by atoms with van der Waals surface area (Å²) in [5, 5.41) is 0. The summed E-state index contributed by atoms with van der Waals surface area (Å²) >= 11 is 0. The predicted octanol–water partition coefficient (Wildman–Crippen LogP) is 3.28. The molecule has 0 aliphatic rings. The van der Waals surface area contributed by atoms with Crippen molar-refractivity contribution in [1.82, 2.24) is 0 Å². The van der Waals surface area contributed by atoms with Crippen LogP contribution in [0.1, 0.15) is 39.0 Å². The third-order valence-electron chi connectivity index (χ3n) is 1.59. The van der Waals surface area contributed by atoms with Crippen molar-refractivity contribution < 1.29 is 13.6 Å². The molecule has 0 aromatic heterocycles. The standard InChI is InChI=1S/C8H18O3P/c1-3-4-5-6-7-8-11-12(9)10-2/h3-8H2,1-2H3/q+1. The molecule has 0 fully saturated rings. The van der Waals surface area contributed by atoms with Crippen molar-refractivity contribution in [2.24, 2.45) is 0 Å². The fourth-order valence-corrected chi connectivity index (χ4v) is 1.28. The van der Waals surface area contributed by atoms with E-state index in [1.54, 1.807) is 0 Å². The lowest BCUT2D eigenvalue weighted by atomic mass is 10.2.